The minimum absolute atomic E-state index is 0. The number of benzene rings is 2. The summed E-state index contributed by atoms with van der Waals surface area (Å²) in [5.74, 6) is 1.18. The number of halogens is 3. The zero-order valence-electron chi connectivity index (χ0n) is 34.5. The second-order valence-corrected chi connectivity index (χ2v) is 20.4. The first kappa shape index (κ1) is 46.5. The number of pyridine rings is 2. The highest BCUT2D eigenvalue weighted by Crippen LogP contribution is 2.37. The molecule has 0 aliphatic carbocycles. The Morgan fingerprint density at radius 3 is 1.44 bits per heavy atom. The van der Waals surface area contributed by atoms with Gasteiger partial charge in [-0.05, 0) is 104 Å². The number of aromatic nitrogens is 2. The SMILES string of the molecule is C1CCOC1.CC(C)(C)[Si](C)(C)Oc1ccc(NC(=O)N2CCN(c3ccc(F)cc3)CC2)nc1.Cl.O=C(Nc1ccc(O)cn1)N1CCN(c2ccc(F)cc2)CC1. The van der Waals surface area contributed by atoms with E-state index >= 15 is 0 Å². The molecule has 3 aliphatic heterocycles. The van der Waals surface area contributed by atoms with Gasteiger partial charge in [0.25, 0.3) is 8.32 Å². The monoisotopic (exact) mass is 854 g/mol. The molecule has 0 bridgehead atoms. The number of ether oxygens (including phenoxy) is 1. The lowest BCUT2D eigenvalue weighted by Gasteiger charge is -2.36. The van der Waals surface area contributed by atoms with Gasteiger partial charge in [-0.2, -0.15) is 0 Å². The van der Waals surface area contributed by atoms with Gasteiger partial charge >= 0.3 is 12.1 Å². The summed E-state index contributed by atoms with van der Waals surface area (Å²) in [6.07, 6.45) is 5.50. The second-order valence-electron chi connectivity index (χ2n) is 15.7. The van der Waals surface area contributed by atoms with Crippen molar-refractivity contribution in [1.82, 2.24) is 19.8 Å². The van der Waals surface area contributed by atoms with Gasteiger partial charge < -0.3 is 33.9 Å². The maximum absolute atomic E-state index is 13.1. The van der Waals surface area contributed by atoms with Crippen LogP contribution in [0, 0.1) is 11.6 Å². The van der Waals surface area contributed by atoms with Crippen molar-refractivity contribution in [1.29, 1.82) is 0 Å². The zero-order valence-corrected chi connectivity index (χ0v) is 36.3. The van der Waals surface area contributed by atoms with Gasteiger partial charge in [0.2, 0.25) is 0 Å². The summed E-state index contributed by atoms with van der Waals surface area (Å²) in [7, 11) is -1.92. The molecule has 2 aromatic carbocycles. The van der Waals surface area contributed by atoms with Crippen molar-refractivity contribution >= 4 is 55.8 Å². The normalized spacial score (nSPS) is 15.4. The van der Waals surface area contributed by atoms with Gasteiger partial charge in [0.1, 0.15) is 34.8 Å². The number of hydrogen-bond donors (Lipinski definition) is 3. The first-order valence-electron chi connectivity index (χ1n) is 19.7. The summed E-state index contributed by atoms with van der Waals surface area (Å²) < 4.78 is 37.2. The van der Waals surface area contributed by atoms with Crippen LogP contribution in [0.2, 0.25) is 18.1 Å². The van der Waals surface area contributed by atoms with Crippen LogP contribution in [-0.4, -0.2) is 111 Å². The van der Waals surface area contributed by atoms with E-state index in [1.54, 1.807) is 52.4 Å². The number of urea groups is 2. The first-order chi connectivity index (χ1) is 27.7. The number of anilines is 4. The van der Waals surface area contributed by atoms with E-state index in [1.807, 2.05) is 6.07 Å². The molecule has 17 heteroatoms. The fourth-order valence-corrected chi connectivity index (χ4v) is 6.97. The van der Waals surface area contributed by atoms with Gasteiger partial charge in [0.05, 0.1) is 12.4 Å². The molecule has 59 heavy (non-hydrogen) atoms. The number of amides is 4. The molecular weight excluding hydrogens is 798 g/mol. The topological polar surface area (TPSA) is 136 Å². The van der Waals surface area contributed by atoms with Crippen LogP contribution in [0.5, 0.6) is 11.5 Å². The molecule has 320 valence electrons. The number of carbonyl (C=O) groups is 2. The van der Waals surface area contributed by atoms with Crippen LogP contribution in [0.1, 0.15) is 33.6 Å². The third-order valence-electron chi connectivity index (χ3n) is 10.5. The van der Waals surface area contributed by atoms with Gasteiger partial charge in [-0.3, -0.25) is 10.6 Å². The Kier molecular flexibility index (Phi) is 17.1. The standard InChI is InChI=1S/C22H31FN4O2Si.C16H17FN4O2.C4H8O.ClH/c1-22(2,3)30(4,5)29-19-10-11-20(24-16-19)25-21(28)27-14-12-26(13-15-27)18-8-6-17(23)7-9-18;17-12-1-3-13(4-2-12)20-7-9-21(10-8-20)16(23)19-15-6-5-14(22)11-18-15;1-2-4-5-3-1;/h6-11,16H,12-15H2,1-5H3,(H,24,25,28);1-6,11,22H,7-10H2,(H,18,19,23);1-4H2;1H. The van der Waals surface area contributed by atoms with E-state index in [0.717, 1.165) is 30.3 Å². The molecule has 3 N–H and O–H groups in total. The van der Waals surface area contributed by atoms with Crippen LogP contribution in [-0.2, 0) is 4.74 Å². The number of rotatable bonds is 6. The van der Waals surface area contributed by atoms with Crippen molar-refractivity contribution in [3.63, 3.8) is 0 Å². The lowest BCUT2D eigenvalue weighted by molar-refractivity contribution is 0.198. The van der Waals surface area contributed by atoms with E-state index in [-0.39, 0.29) is 46.9 Å². The summed E-state index contributed by atoms with van der Waals surface area (Å²) in [4.78, 5) is 40.8. The van der Waals surface area contributed by atoms with Crippen LogP contribution in [0.4, 0.5) is 41.4 Å². The number of aromatic hydroxyl groups is 1. The van der Waals surface area contributed by atoms with Gasteiger partial charge in [-0.1, -0.05) is 20.8 Å². The second kappa shape index (κ2) is 21.7. The van der Waals surface area contributed by atoms with Crippen LogP contribution in [0.15, 0.2) is 85.2 Å². The Morgan fingerprint density at radius 1 is 0.678 bits per heavy atom. The van der Waals surface area contributed by atoms with E-state index in [2.05, 4.69) is 64.3 Å². The summed E-state index contributed by atoms with van der Waals surface area (Å²) in [6.45, 7) is 18.0. The molecule has 4 aromatic rings. The van der Waals surface area contributed by atoms with E-state index in [4.69, 9.17) is 9.16 Å². The molecule has 5 heterocycles. The predicted molar refractivity (Wildman–Crippen MR) is 234 cm³/mol. The van der Waals surface area contributed by atoms with Crippen molar-refractivity contribution in [2.75, 3.05) is 86.0 Å². The molecule has 3 saturated heterocycles. The van der Waals surface area contributed by atoms with Crippen molar-refractivity contribution in [3.05, 3.63) is 96.8 Å². The Hall–Kier alpha value is -5.19. The Labute approximate surface area is 353 Å². The lowest BCUT2D eigenvalue weighted by Crippen LogP contribution is -2.50. The Balaban J connectivity index is 0.000000234. The third-order valence-corrected chi connectivity index (χ3v) is 14.8. The zero-order chi connectivity index (χ0) is 41.7. The molecule has 0 radical (unpaired) electrons. The minimum Gasteiger partial charge on any atom is -0.542 e. The molecule has 13 nitrogen and oxygen atoms in total. The van der Waals surface area contributed by atoms with Crippen LogP contribution in [0.25, 0.3) is 0 Å². The summed E-state index contributed by atoms with van der Waals surface area (Å²) in [5.41, 5.74) is 1.92. The molecular formula is C42H57ClF2N8O5Si. The molecule has 0 spiro atoms. The third kappa shape index (κ3) is 14.2. The molecule has 4 amide bonds. The van der Waals surface area contributed by atoms with Crippen LogP contribution in [0.3, 0.4) is 0 Å². The first-order valence-corrected chi connectivity index (χ1v) is 22.6. The number of piperazine rings is 2. The molecule has 3 aliphatic rings. The fraction of sp³-hybridized carbons (Fsp3) is 0.429. The quantitative estimate of drug-likeness (QED) is 0.163. The van der Waals surface area contributed by atoms with Gasteiger partial charge in [0, 0.05) is 76.9 Å². The molecule has 7 rings (SSSR count). The minimum atomic E-state index is -1.92. The molecule has 3 fully saturated rings. The van der Waals surface area contributed by atoms with Gasteiger partial charge in [-0.25, -0.2) is 28.3 Å². The maximum Gasteiger partial charge on any atom is 0.323 e. The van der Waals surface area contributed by atoms with E-state index in [0.29, 0.717) is 64.0 Å². The fourth-order valence-electron chi connectivity index (χ4n) is 5.95. The van der Waals surface area contributed by atoms with E-state index in [9.17, 15) is 23.5 Å². The molecule has 0 atom stereocenters. The average Bonchev–Trinajstić information content (AvgIpc) is 3.81. The van der Waals surface area contributed by atoms with Crippen molar-refractivity contribution in [3.8, 4) is 11.5 Å². The van der Waals surface area contributed by atoms with Crippen LogP contribution < -0.4 is 24.9 Å². The average molecular weight is 856 g/mol. The molecule has 0 saturated carbocycles. The van der Waals surface area contributed by atoms with Crippen molar-refractivity contribution in [2.45, 2.75) is 51.7 Å². The number of carbonyl (C=O) groups excluding carboxylic acids is 2. The number of hydrogen-bond acceptors (Lipinski definition) is 9. The summed E-state index contributed by atoms with van der Waals surface area (Å²) >= 11 is 0. The molecule has 2 aromatic heterocycles. The largest absolute Gasteiger partial charge is 0.542 e. The van der Waals surface area contributed by atoms with Crippen LogP contribution >= 0.6 is 12.4 Å². The summed E-state index contributed by atoms with van der Waals surface area (Å²) in [5, 5.41) is 14.8. The van der Waals surface area contributed by atoms with E-state index < -0.39 is 8.32 Å². The lowest BCUT2D eigenvalue weighted by atomic mass is 10.2. The number of nitrogens with zero attached hydrogens (tertiary/aromatic N) is 6. The van der Waals surface area contributed by atoms with Crippen molar-refractivity contribution in [2.24, 2.45) is 0 Å². The highest BCUT2D eigenvalue weighted by atomic mass is 35.5. The highest BCUT2D eigenvalue weighted by Gasteiger charge is 2.39. The van der Waals surface area contributed by atoms with E-state index in [1.165, 1.54) is 49.4 Å². The van der Waals surface area contributed by atoms with Crippen molar-refractivity contribution < 1.29 is 32.6 Å². The van der Waals surface area contributed by atoms with Gasteiger partial charge in [0.15, 0.2) is 0 Å². The number of nitrogens with one attached hydrogen (secondary N) is 2. The maximum atomic E-state index is 13.1. The predicted octanol–water partition coefficient (Wildman–Crippen LogP) is 8.46. The smallest absolute Gasteiger partial charge is 0.323 e. The Bertz CT molecular complexity index is 1880. The summed E-state index contributed by atoms with van der Waals surface area (Å²) in [6, 6.07) is 19.1. The van der Waals surface area contributed by atoms with Gasteiger partial charge in [-0.15, -0.1) is 12.4 Å². The highest BCUT2D eigenvalue weighted by molar-refractivity contribution is 6.74. The Morgan fingerprint density at radius 2 is 1.10 bits per heavy atom. The molecule has 0 unspecified atom stereocenters.